The summed E-state index contributed by atoms with van der Waals surface area (Å²) in [5.41, 5.74) is 4.73. The summed E-state index contributed by atoms with van der Waals surface area (Å²) in [5, 5.41) is 7.64. The standard InChI is InChI=1S/C17H21N3OS/c1-4-12-6-5-7-13-14(8-18-16(12)13)15-10-22-17(20-15)19-11(2)9-21-3/h5-8,10-11,18H,4,9H2,1-3H3,(H,19,20)/t11-/m1/s1. The number of aromatic nitrogens is 2. The molecule has 1 aromatic carbocycles. The van der Waals surface area contributed by atoms with E-state index in [1.165, 1.54) is 16.5 Å². The van der Waals surface area contributed by atoms with Gasteiger partial charge in [0.15, 0.2) is 5.13 Å². The van der Waals surface area contributed by atoms with E-state index in [1.807, 2.05) is 0 Å². The summed E-state index contributed by atoms with van der Waals surface area (Å²) >= 11 is 1.63. The van der Waals surface area contributed by atoms with Gasteiger partial charge in [0.1, 0.15) is 0 Å². The lowest BCUT2D eigenvalue weighted by atomic mass is 10.1. The molecule has 0 bridgehead atoms. The highest BCUT2D eigenvalue weighted by Crippen LogP contribution is 2.32. The lowest BCUT2D eigenvalue weighted by Crippen LogP contribution is -2.20. The van der Waals surface area contributed by atoms with E-state index in [2.05, 4.69) is 53.9 Å². The Balaban J connectivity index is 1.90. The summed E-state index contributed by atoms with van der Waals surface area (Å²) in [6.45, 7) is 4.93. The fourth-order valence-electron chi connectivity index (χ4n) is 2.69. The van der Waals surface area contributed by atoms with Crippen molar-refractivity contribution in [2.45, 2.75) is 26.3 Å². The number of hydrogen-bond donors (Lipinski definition) is 2. The first-order chi connectivity index (χ1) is 10.7. The first-order valence-corrected chi connectivity index (χ1v) is 8.41. The lowest BCUT2D eigenvalue weighted by Gasteiger charge is -2.10. The van der Waals surface area contributed by atoms with Gasteiger partial charge in [0.2, 0.25) is 0 Å². The van der Waals surface area contributed by atoms with E-state index in [1.54, 1.807) is 18.4 Å². The molecule has 3 aromatic rings. The minimum Gasteiger partial charge on any atom is -0.383 e. The SMILES string of the molecule is CCc1cccc2c(-c3csc(N[C@H](C)COC)n3)c[nH]c12. The topological polar surface area (TPSA) is 49.9 Å². The zero-order valence-corrected chi connectivity index (χ0v) is 14.0. The predicted octanol–water partition coefficient (Wildman–Crippen LogP) is 4.30. The molecule has 0 aliphatic heterocycles. The molecule has 2 heterocycles. The maximum absolute atomic E-state index is 5.15. The molecule has 0 spiro atoms. The molecule has 1 atom stereocenters. The summed E-state index contributed by atoms with van der Waals surface area (Å²) in [4.78, 5) is 8.11. The van der Waals surface area contributed by atoms with E-state index in [9.17, 15) is 0 Å². The van der Waals surface area contributed by atoms with Gasteiger partial charge in [-0.2, -0.15) is 0 Å². The van der Waals surface area contributed by atoms with Crippen LogP contribution in [0, 0.1) is 0 Å². The zero-order chi connectivity index (χ0) is 15.5. The smallest absolute Gasteiger partial charge is 0.183 e. The molecule has 2 N–H and O–H groups in total. The monoisotopic (exact) mass is 315 g/mol. The second-order valence-electron chi connectivity index (χ2n) is 5.43. The molecule has 2 aromatic heterocycles. The number of aromatic amines is 1. The molecular formula is C17H21N3OS. The predicted molar refractivity (Wildman–Crippen MR) is 93.7 cm³/mol. The normalized spacial score (nSPS) is 12.7. The van der Waals surface area contributed by atoms with Gasteiger partial charge in [0.25, 0.3) is 0 Å². The van der Waals surface area contributed by atoms with Crippen molar-refractivity contribution in [3.8, 4) is 11.3 Å². The second kappa shape index (κ2) is 6.50. The number of rotatable bonds is 6. The summed E-state index contributed by atoms with van der Waals surface area (Å²) in [7, 11) is 1.71. The molecular weight excluding hydrogens is 294 g/mol. The number of anilines is 1. The van der Waals surface area contributed by atoms with Gasteiger partial charge in [-0.3, -0.25) is 0 Å². The van der Waals surface area contributed by atoms with Gasteiger partial charge in [-0.1, -0.05) is 25.1 Å². The minimum atomic E-state index is 0.249. The molecule has 0 amide bonds. The number of nitrogens with one attached hydrogen (secondary N) is 2. The van der Waals surface area contributed by atoms with Crippen LogP contribution < -0.4 is 5.32 Å². The van der Waals surface area contributed by atoms with Gasteiger partial charge in [0, 0.05) is 41.2 Å². The van der Waals surface area contributed by atoms with Crippen LogP contribution in [0.4, 0.5) is 5.13 Å². The van der Waals surface area contributed by atoms with Crippen LogP contribution in [0.3, 0.4) is 0 Å². The van der Waals surface area contributed by atoms with E-state index in [4.69, 9.17) is 9.72 Å². The molecule has 4 nitrogen and oxygen atoms in total. The Kier molecular flexibility index (Phi) is 4.45. The van der Waals surface area contributed by atoms with Gasteiger partial charge in [0.05, 0.1) is 12.3 Å². The minimum absolute atomic E-state index is 0.249. The van der Waals surface area contributed by atoms with Gasteiger partial charge >= 0.3 is 0 Å². The van der Waals surface area contributed by atoms with Crippen LogP contribution in [-0.4, -0.2) is 29.7 Å². The first-order valence-electron chi connectivity index (χ1n) is 7.53. The Labute approximate surface area is 134 Å². The van der Waals surface area contributed by atoms with E-state index >= 15 is 0 Å². The number of hydrogen-bond acceptors (Lipinski definition) is 4. The van der Waals surface area contributed by atoms with Crippen LogP contribution in [0.15, 0.2) is 29.8 Å². The van der Waals surface area contributed by atoms with Crippen LogP contribution in [0.25, 0.3) is 22.2 Å². The molecule has 5 heteroatoms. The van der Waals surface area contributed by atoms with Crippen molar-refractivity contribution in [1.29, 1.82) is 0 Å². The third-order valence-electron chi connectivity index (χ3n) is 3.75. The maximum Gasteiger partial charge on any atom is 0.183 e. The number of thiazole rings is 1. The van der Waals surface area contributed by atoms with Gasteiger partial charge < -0.3 is 15.0 Å². The third kappa shape index (κ3) is 2.87. The molecule has 0 radical (unpaired) electrons. The number of benzene rings is 1. The van der Waals surface area contributed by atoms with Crippen molar-refractivity contribution in [2.24, 2.45) is 0 Å². The highest BCUT2D eigenvalue weighted by molar-refractivity contribution is 7.14. The Bertz CT molecular complexity index is 762. The van der Waals surface area contributed by atoms with Gasteiger partial charge in [-0.05, 0) is 18.9 Å². The zero-order valence-electron chi connectivity index (χ0n) is 13.1. The van der Waals surface area contributed by atoms with Crippen LogP contribution >= 0.6 is 11.3 Å². The van der Waals surface area contributed by atoms with Crippen molar-refractivity contribution in [2.75, 3.05) is 19.0 Å². The molecule has 0 aliphatic carbocycles. The van der Waals surface area contributed by atoms with Crippen molar-refractivity contribution in [3.05, 3.63) is 35.3 Å². The molecule has 0 saturated heterocycles. The Morgan fingerprint density at radius 3 is 3.05 bits per heavy atom. The number of aryl methyl sites for hydroxylation is 1. The fourth-order valence-corrected chi connectivity index (χ4v) is 3.51. The van der Waals surface area contributed by atoms with Crippen molar-refractivity contribution < 1.29 is 4.74 Å². The summed E-state index contributed by atoms with van der Waals surface area (Å²) < 4.78 is 5.15. The third-order valence-corrected chi connectivity index (χ3v) is 4.52. The fraction of sp³-hybridized carbons (Fsp3) is 0.353. The molecule has 0 unspecified atom stereocenters. The molecule has 0 aliphatic rings. The van der Waals surface area contributed by atoms with E-state index < -0.39 is 0 Å². The van der Waals surface area contributed by atoms with Gasteiger partial charge in [-0.25, -0.2) is 4.98 Å². The quantitative estimate of drug-likeness (QED) is 0.713. The number of nitrogens with zero attached hydrogens (tertiary/aromatic N) is 1. The lowest BCUT2D eigenvalue weighted by molar-refractivity contribution is 0.190. The van der Waals surface area contributed by atoms with Crippen molar-refractivity contribution >= 4 is 27.4 Å². The molecule has 3 rings (SSSR count). The number of para-hydroxylation sites is 1. The van der Waals surface area contributed by atoms with Gasteiger partial charge in [-0.15, -0.1) is 11.3 Å². The number of methoxy groups -OCH3 is 1. The highest BCUT2D eigenvalue weighted by atomic mass is 32.1. The molecule has 22 heavy (non-hydrogen) atoms. The van der Waals surface area contributed by atoms with Crippen molar-refractivity contribution in [1.82, 2.24) is 9.97 Å². The second-order valence-corrected chi connectivity index (χ2v) is 6.29. The van der Waals surface area contributed by atoms with E-state index in [-0.39, 0.29) is 6.04 Å². The number of H-pyrrole nitrogens is 1. The summed E-state index contributed by atoms with van der Waals surface area (Å²) in [6, 6.07) is 6.69. The summed E-state index contributed by atoms with van der Waals surface area (Å²) in [6.07, 6.45) is 3.08. The van der Waals surface area contributed by atoms with Crippen LogP contribution in [-0.2, 0) is 11.2 Å². The summed E-state index contributed by atoms with van der Waals surface area (Å²) in [5.74, 6) is 0. The highest BCUT2D eigenvalue weighted by Gasteiger charge is 2.12. The maximum atomic E-state index is 5.15. The average molecular weight is 315 g/mol. The van der Waals surface area contributed by atoms with Crippen LogP contribution in [0.2, 0.25) is 0 Å². The van der Waals surface area contributed by atoms with Crippen LogP contribution in [0.1, 0.15) is 19.4 Å². The van der Waals surface area contributed by atoms with Crippen molar-refractivity contribution in [3.63, 3.8) is 0 Å². The van der Waals surface area contributed by atoms with E-state index in [0.29, 0.717) is 6.61 Å². The van der Waals surface area contributed by atoms with E-state index in [0.717, 1.165) is 22.8 Å². The Morgan fingerprint density at radius 2 is 2.27 bits per heavy atom. The van der Waals surface area contributed by atoms with Crippen LogP contribution in [0.5, 0.6) is 0 Å². The largest absolute Gasteiger partial charge is 0.383 e. The average Bonchev–Trinajstić information content (AvgIpc) is 3.13. The number of fused-ring (bicyclic) bond motifs is 1. The molecule has 116 valence electrons. The number of ether oxygens (including phenoxy) is 1. The molecule has 0 saturated carbocycles. The molecule has 0 fully saturated rings. The first kappa shape index (κ1) is 15.1. The Morgan fingerprint density at radius 1 is 1.41 bits per heavy atom. The Hall–Kier alpha value is -1.85.